The van der Waals surface area contributed by atoms with E-state index in [1.54, 1.807) is 0 Å². The number of benzene rings is 2. The number of hydrogen-bond acceptors (Lipinski definition) is 4. The van der Waals surface area contributed by atoms with Crippen molar-refractivity contribution in [1.29, 1.82) is 0 Å². The van der Waals surface area contributed by atoms with Crippen molar-refractivity contribution in [2.45, 2.75) is 26.5 Å². The summed E-state index contributed by atoms with van der Waals surface area (Å²) >= 11 is 6.07. The summed E-state index contributed by atoms with van der Waals surface area (Å²) in [7, 11) is 0. The zero-order chi connectivity index (χ0) is 16.4. The number of halogens is 1. The Morgan fingerprint density at radius 3 is 2.74 bits per heavy atom. The summed E-state index contributed by atoms with van der Waals surface area (Å²) in [6, 6.07) is 13.5. The zero-order valence-electron chi connectivity index (χ0n) is 13.0. The van der Waals surface area contributed by atoms with E-state index in [9.17, 15) is 5.11 Å². The number of aliphatic hydroxyl groups excluding tert-OH is 1. The van der Waals surface area contributed by atoms with Crippen molar-refractivity contribution in [2.24, 2.45) is 0 Å². The lowest BCUT2D eigenvalue weighted by molar-refractivity contribution is 0.282. The van der Waals surface area contributed by atoms with Crippen LogP contribution in [0, 0.1) is 6.92 Å². The lowest BCUT2D eigenvalue weighted by Gasteiger charge is -2.17. The highest BCUT2D eigenvalue weighted by molar-refractivity contribution is 6.30. The van der Waals surface area contributed by atoms with Gasteiger partial charge in [0.1, 0.15) is 11.6 Å². The Labute approximate surface area is 140 Å². The summed E-state index contributed by atoms with van der Waals surface area (Å²) in [6.45, 7) is 3.92. The van der Waals surface area contributed by atoms with Crippen molar-refractivity contribution in [3.63, 3.8) is 0 Å². The monoisotopic (exact) mass is 327 g/mol. The molecular formula is C18H18ClN3O. The van der Waals surface area contributed by atoms with Crippen LogP contribution in [0.1, 0.15) is 29.9 Å². The minimum atomic E-state index is -0.00684. The molecule has 0 fully saturated rings. The molecule has 0 saturated carbocycles. The first-order valence-corrected chi connectivity index (χ1v) is 7.85. The maximum absolute atomic E-state index is 9.36. The van der Waals surface area contributed by atoms with Gasteiger partial charge >= 0.3 is 0 Å². The highest BCUT2D eigenvalue weighted by atomic mass is 35.5. The van der Waals surface area contributed by atoms with E-state index in [-0.39, 0.29) is 12.6 Å². The molecule has 3 rings (SSSR count). The van der Waals surface area contributed by atoms with Crippen molar-refractivity contribution in [2.75, 3.05) is 5.32 Å². The lowest BCUT2D eigenvalue weighted by Crippen LogP contribution is -2.09. The van der Waals surface area contributed by atoms with E-state index in [4.69, 9.17) is 11.6 Å². The molecule has 0 aliphatic carbocycles. The van der Waals surface area contributed by atoms with Gasteiger partial charge in [-0.25, -0.2) is 9.97 Å². The second-order valence-corrected chi connectivity index (χ2v) is 5.99. The van der Waals surface area contributed by atoms with Crippen molar-refractivity contribution in [1.82, 2.24) is 9.97 Å². The quantitative estimate of drug-likeness (QED) is 0.752. The lowest BCUT2D eigenvalue weighted by atomic mass is 10.1. The second kappa shape index (κ2) is 6.52. The highest BCUT2D eigenvalue weighted by Crippen LogP contribution is 2.26. The number of hydrogen-bond donors (Lipinski definition) is 2. The molecule has 2 N–H and O–H groups in total. The minimum absolute atomic E-state index is 0.00684. The Bertz CT molecular complexity index is 851. The molecule has 0 saturated heterocycles. The van der Waals surface area contributed by atoms with Crippen LogP contribution >= 0.6 is 11.6 Å². The van der Waals surface area contributed by atoms with E-state index in [0.29, 0.717) is 10.8 Å². The van der Waals surface area contributed by atoms with Crippen molar-refractivity contribution in [3.8, 4) is 0 Å². The van der Waals surface area contributed by atoms with Gasteiger partial charge < -0.3 is 10.4 Å². The van der Waals surface area contributed by atoms with Gasteiger partial charge in [-0.15, -0.1) is 0 Å². The Hall–Kier alpha value is -2.17. The van der Waals surface area contributed by atoms with Crippen LogP contribution < -0.4 is 5.32 Å². The van der Waals surface area contributed by atoms with Crippen LogP contribution in [0.3, 0.4) is 0 Å². The van der Waals surface area contributed by atoms with Gasteiger partial charge in [0.25, 0.3) is 0 Å². The number of nitrogens with one attached hydrogen (secondary N) is 1. The molecule has 4 nitrogen and oxygen atoms in total. The molecule has 23 heavy (non-hydrogen) atoms. The number of aliphatic hydroxyl groups is 1. The zero-order valence-corrected chi connectivity index (χ0v) is 13.8. The Kier molecular flexibility index (Phi) is 4.46. The van der Waals surface area contributed by atoms with Gasteiger partial charge in [0, 0.05) is 10.4 Å². The van der Waals surface area contributed by atoms with Crippen LogP contribution in [0.4, 0.5) is 5.82 Å². The average Bonchev–Trinajstić information content (AvgIpc) is 2.54. The first-order chi connectivity index (χ1) is 11.1. The third-order valence-corrected chi connectivity index (χ3v) is 3.99. The number of anilines is 1. The third kappa shape index (κ3) is 3.44. The molecular weight excluding hydrogens is 310 g/mol. The Balaban J connectivity index is 2.01. The smallest absolute Gasteiger partial charge is 0.138 e. The van der Waals surface area contributed by atoms with Gasteiger partial charge in [0.15, 0.2) is 0 Å². The predicted octanol–water partition coefficient (Wildman–Crippen LogP) is 4.26. The molecule has 2 aromatic carbocycles. The summed E-state index contributed by atoms with van der Waals surface area (Å²) in [4.78, 5) is 8.98. The summed E-state index contributed by atoms with van der Waals surface area (Å²) in [6.07, 6.45) is 0. The molecule has 0 amide bonds. The van der Waals surface area contributed by atoms with Crippen molar-refractivity contribution >= 4 is 28.3 Å². The number of fused-ring (bicyclic) bond motifs is 1. The minimum Gasteiger partial charge on any atom is -0.392 e. The molecule has 0 spiro atoms. The van der Waals surface area contributed by atoms with E-state index >= 15 is 0 Å². The predicted molar refractivity (Wildman–Crippen MR) is 93.7 cm³/mol. The molecule has 0 aliphatic rings. The van der Waals surface area contributed by atoms with E-state index in [1.165, 1.54) is 0 Å². The van der Waals surface area contributed by atoms with E-state index in [1.807, 2.05) is 49.4 Å². The van der Waals surface area contributed by atoms with Crippen LogP contribution in [0.2, 0.25) is 5.02 Å². The fourth-order valence-corrected chi connectivity index (χ4v) is 2.76. The SMILES string of the molecule is Cc1nc(NC(C)c2cccc(Cl)c2)c2cc(CO)ccc2n1. The van der Waals surface area contributed by atoms with Gasteiger partial charge in [0.2, 0.25) is 0 Å². The highest BCUT2D eigenvalue weighted by Gasteiger charge is 2.11. The average molecular weight is 328 g/mol. The number of rotatable bonds is 4. The van der Waals surface area contributed by atoms with Gasteiger partial charge in [-0.3, -0.25) is 0 Å². The summed E-state index contributed by atoms with van der Waals surface area (Å²) in [5.74, 6) is 1.46. The molecule has 0 aliphatic heterocycles. The second-order valence-electron chi connectivity index (χ2n) is 5.55. The van der Waals surface area contributed by atoms with Crippen molar-refractivity contribution < 1.29 is 5.11 Å². The Morgan fingerprint density at radius 2 is 2.00 bits per heavy atom. The van der Waals surface area contributed by atoms with E-state index in [2.05, 4.69) is 22.2 Å². The molecule has 0 radical (unpaired) electrons. The van der Waals surface area contributed by atoms with Crippen LogP contribution in [-0.2, 0) is 6.61 Å². The fraction of sp³-hybridized carbons (Fsp3) is 0.222. The summed E-state index contributed by atoms with van der Waals surface area (Å²) < 4.78 is 0. The molecule has 118 valence electrons. The molecule has 5 heteroatoms. The van der Waals surface area contributed by atoms with Crippen LogP contribution in [0.15, 0.2) is 42.5 Å². The van der Waals surface area contributed by atoms with Gasteiger partial charge in [0.05, 0.1) is 18.2 Å². The Morgan fingerprint density at radius 1 is 1.17 bits per heavy atom. The number of nitrogens with zero attached hydrogens (tertiary/aromatic N) is 2. The van der Waals surface area contributed by atoms with E-state index in [0.717, 1.165) is 27.8 Å². The topological polar surface area (TPSA) is 58.0 Å². The van der Waals surface area contributed by atoms with E-state index < -0.39 is 0 Å². The molecule has 1 heterocycles. The molecule has 1 aromatic heterocycles. The standard InChI is InChI=1S/C18H18ClN3O/c1-11(14-4-3-5-15(19)9-14)20-18-16-8-13(10-23)6-7-17(16)21-12(2)22-18/h3-9,11,23H,10H2,1-2H3,(H,20,21,22). The van der Waals surface area contributed by atoms with Gasteiger partial charge in [-0.2, -0.15) is 0 Å². The molecule has 1 atom stereocenters. The maximum Gasteiger partial charge on any atom is 0.138 e. The number of aryl methyl sites for hydroxylation is 1. The van der Waals surface area contributed by atoms with Crippen molar-refractivity contribution in [3.05, 3.63) is 64.4 Å². The third-order valence-electron chi connectivity index (χ3n) is 3.76. The van der Waals surface area contributed by atoms with Crippen LogP contribution in [0.5, 0.6) is 0 Å². The summed E-state index contributed by atoms with van der Waals surface area (Å²) in [5.41, 5.74) is 2.78. The van der Waals surface area contributed by atoms with Gasteiger partial charge in [-0.1, -0.05) is 29.8 Å². The normalized spacial score (nSPS) is 12.3. The van der Waals surface area contributed by atoms with Crippen LogP contribution in [0.25, 0.3) is 10.9 Å². The fourth-order valence-electron chi connectivity index (χ4n) is 2.56. The first kappa shape index (κ1) is 15.7. The first-order valence-electron chi connectivity index (χ1n) is 7.47. The van der Waals surface area contributed by atoms with Crippen LogP contribution in [-0.4, -0.2) is 15.1 Å². The molecule has 1 unspecified atom stereocenters. The van der Waals surface area contributed by atoms with Gasteiger partial charge in [-0.05, 0) is 49.2 Å². The molecule has 3 aromatic rings. The largest absolute Gasteiger partial charge is 0.392 e. The maximum atomic E-state index is 9.36. The summed E-state index contributed by atoms with van der Waals surface area (Å²) in [5, 5.41) is 14.4. The number of aromatic nitrogens is 2. The molecule has 0 bridgehead atoms.